The zero-order chi connectivity index (χ0) is 28.3. The van der Waals surface area contributed by atoms with Crippen molar-refractivity contribution in [2.45, 2.75) is 38.2 Å². The second-order valence-electron chi connectivity index (χ2n) is 10.8. The van der Waals surface area contributed by atoms with Gasteiger partial charge in [-0.2, -0.15) is 0 Å². The zero-order valence-corrected chi connectivity index (χ0v) is 24.2. The monoisotopic (exact) mass is 591 g/mol. The maximum Gasteiger partial charge on any atom is 0.264 e. The molecular formula is C33H32Cl2FN3O2. The van der Waals surface area contributed by atoms with Gasteiger partial charge in [0.05, 0.1) is 12.4 Å². The fourth-order valence-corrected chi connectivity index (χ4v) is 6.57. The van der Waals surface area contributed by atoms with E-state index in [1.807, 2.05) is 24.3 Å². The molecule has 3 aromatic carbocycles. The number of nitrogens with one attached hydrogen (secondary N) is 2. The van der Waals surface area contributed by atoms with Crippen LogP contribution < -0.4 is 10.3 Å². The van der Waals surface area contributed by atoms with Crippen LogP contribution in [0, 0.1) is 0 Å². The Hall–Kier alpha value is -3.32. The van der Waals surface area contributed by atoms with Gasteiger partial charge >= 0.3 is 0 Å². The van der Waals surface area contributed by atoms with Crippen molar-refractivity contribution in [1.82, 2.24) is 15.1 Å². The molecule has 2 N–H and O–H groups in total. The minimum Gasteiger partial charge on any atom is -0.489 e. The van der Waals surface area contributed by atoms with Gasteiger partial charge in [-0.15, -0.1) is 0 Å². The van der Waals surface area contributed by atoms with Crippen LogP contribution in [0.3, 0.4) is 0 Å². The number of allylic oxidation sites excluding steroid dienone is 1. The van der Waals surface area contributed by atoms with Crippen molar-refractivity contribution in [1.29, 1.82) is 0 Å². The summed E-state index contributed by atoms with van der Waals surface area (Å²) in [6, 6.07) is 22.0. The number of benzene rings is 3. The SMILES string of the molecule is O=c1cc(-c2ccc3c(c2)CCCC(c2ccc(Cl)cc2Cl)=C3c2ccc(O[C@H]3CCN(CCCF)C3)cc2)[nH][nH]1. The smallest absolute Gasteiger partial charge is 0.264 e. The largest absolute Gasteiger partial charge is 0.489 e. The topological polar surface area (TPSA) is 61.1 Å². The van der Waals surface area contributed by atoms with Crippen LogP contribution in [-0.2, 0) is 6.42 Å². The normalized spacial score (nSPS) is 17.5. The number of halogens is 3. The Morgan fingerprint density at radius 2 is 1.73 bits per heavy atom. The third-order valence-corrected chi connectivity index (χ3v) is 8.54. The Bertz CT molecular complexity index is 1630. The molecule has 8 heteroatoms. The molecule has 6 rings (SSSR count). The lowest BCUT2D eigenvalue weighted by Gasteiger charge is -2.19. The van der Waals surface area contributed by atoms with Crippen molar-refractivity contribution < 1.29 is 9.13 Å². The number of hydrogen-bond acceptors (Lipinski definition) is 3. The second-order valence-corrected chi connectivity index (χ2v) is 11.6. The predicted octanol–water partition coefficient (Wildman–Crippen LogP) is 7.78. The first-order chi connectivity index (χ1) is 20.0. The first-order valence-corrected chi connectivity index (χ1v) is 14.9. The van der Waals surface area contributed by atoms with E-state index >= 15 is 0 Å². The maximum absolute atomic E-state index is 12.6. The van der Waals surface area contributed by atoms with Gasteiger partial charge in [0.2, 0.25) is 0 Å². The molecular weight excluding hydrogens is 560 g/mol. The quantitative estimate of drug-likeness (QED) is 0.220. The van der Waals surface area contributed by atoms with E-state index in [-0.39, 0.29) is 18.3 Å². The molecule has 1 saturated heterocycles. The van der Waals surface area contributed by atoms with Gasteiger partial charge in [-0.25, -0.2) is 0 Å². The first kappa shape index (κ1) is 27.8. The average Bonchev–Trinajstić information content (AvgIpc) is 3.56. The summed E-state index contributed by atoms with van der Waals surface area (Å²) in [7, 11) is 0. The number of hydrogen-bond donors (Lipinski definition) is 2. The number of H-pyrrole nitrogens is 2. The minimum absolute atomic E-state index is 0.111. The number of aromatic nitrogens is 2. The fourth-order valence-electron chi connectivity index (χ4n) is 6.05. The Kier molecular flexibility index (Phi) is 8.33. The molecule has 0 unspecified atom stereocenters. The van der Waals surface area contributed by atoms with Gasteiger partial charge in [-0.05, 0) is 101 Å². The number of ether oxygens (including phenoxy) is 1. The molecule has 1 aliphatic carbocycles. The number of rotatable bonds is 8. The summed E-state index contributed by atoms with van der Waals surface area (Å²) >= 11 is 13.0. The van der Waals surface area contributed by atoms with Gasteiger partial charge in [0.1, 0.15) is 11.9 Å². The summed E-state index contributed by atoms with van der Waals surface area (Å²) in [6.07, 6.45) is 4.34. The molecule has 0 amide bonds. The minimum atomic E-state index is -0.279. The lowest BCUT2D eigenvalue weighted by atomic mass is 9.87. The lowest BCUT2D eigenvalue weighted by molar-refractivity contribution is 0.198. The van der Waals surface area contributed by atoms with Gasteiger partial charge in [-0.3, -0.25) is 24.3 Å². The number of likely N-dealkylation sites (tertiary alicyclic amines) is 1. The van der Waals surface area contributed by atoms with Crippen molar-refractivity contribution >= 4 is 34.3 Å². The number of alkyl halides is 1. The van der Waals surface area contributed by atoms with Crippen molar-refractivity contribution in [3.63, 3.8) is 0 Å². The predicted molar refractivity (Wildman–Crippen MR) is 165 cm³/mol. The number of aryl methyl sites for hydroxylation is 1. The van der Waals surface area contributed by atoms with Gasteiger partial charge < -0.3 is 4.74 Å². The van der Waals surface area contributed by atoms with Crippen LogP contribution in [0.25, 0.3) is 22.4 Å². The second kappa shape index (κ2) is 12.3. The number of aromatic amines is 2. The molecule has 1 fully saturated rings. The summed E-state index contributed by atoms with van der Waals surface area (Å²) in [6.45, 7) is 2.27. The van der Waals surface area contributed by atoms with Crippen molar-refractivity contribution in [3.8, 4) is 17.0 Å². The van der Waals surface area contributed by atoms with Crippen LogP contribution in [0.15, 0.2) is 71.5 Å². The van der Waals surface area contributed by atoms with E-state index in [1.165, 1.54) is 11.1 Å². The van der Waals surface area contributed by atoms with Crippen LogP contribution in [0.2, 0.25) is 10.0 Å². The lowest BCUT2D eigenvalue weighted by Crippen LogP contribution is -2.26. The highest BCUT2D eigenvalue weighted by atomic mass is 35.5. The summed E-state index contributed by atoms with van der Waals surface area (Å²) in [5.74, 6) is 0.832. The molecule has 212 valence electrons. The molecule has 2 heterocycles. The summed E-state index contributed by atoms with van der Waals surface area (Å²) in [5.41, 5.74) is 8.35. The van der Waals surface area contributed by atoms with E-state index in [1.54, 1.807) is 12.1 Å². The fraction of sp³-hybridized carbons (Fsp3) is 0.303. The summed E-state index contributed by atoms with van der Waals surface area (Å²) in [5, 5.41) is 6.84. The molecule has 2 aliphatic rings. The molecule has 41 heavy (non-hydrogen) atoms. The zero-order valence-electron chi connectivity index (χ0n) is 22.7. The average molecular weight is 593 g/mol. The standard InChI is InChI=1S/C33H32Cl2FN3O2/c34-24-8-12-28(30(35)18-24)29-4-1-3-22-17-23(31-19-32(40)38-37-31)7-11-27(22)33(29)21-5-9-25(10-6-21)41-26-13-16-39(20-26)15-2-14-36/h5-12,17-19,26H,1-4,13-16,20H2,(H2,37,38,40)/t26-/m0/s1. The Morgan fingerprint density at radius 1 is 0.927 bits per heavy atom. The molecule has 1 atom stereocenters. The van der Waals surface area contributed by atoms with E-state index in [4.69, 9.17) is 27.9 Å². The van der Waals surface area contributed by atoms with E-state index in [0.29, 0.717) is 16.5 Å². The number of fused-ring (bicyclic) bond motifs is 1. The molecule has 0 spiro atoms. The highest BCUT2D eigenvalue weighted by molar-refractivity contribution is 6.36. The number of nitrogens with zero attached hydrogens (tertiary/aromatic N) is 1. The van der Waals surface area contributed by atoms with Crippen LogP contribution >= 0.6 is 23.2 Å². The molecule has 4 aromatic rings. The van der Waals surface area contributed by atoms with Crippen LogP contribution in [0.1, 0.15) is 47.9 Å². The molecule has 0 bridgehead atoms. The Morgan fingerprint density at radius 3 is 2.49 bits per heavy atom. The third-order valence-electron chi connectivity index (χ3n) is 8.00. The summed E-state index contributed by atoms with van der Waals surface area (Å²) < 4.78 is 18.9. The first-order valence-electron chi connectivity index (χ1n) is 14.1. The van der Waals surface area contributed by atoms with E-state index in [2.05, 4.69) is 45.4 Å². The van der Waals surface area contributed by atoms with Gasteiger partial charge in [-0.1, -0.05) is 53.5 Å². The molecule has 0 radical (unpaired) electrons. The summed E-state index contributed by atoms with van der Waals surface area (Å²) in [4.78, 5) is 14.0. The Balaban J connectivity index is 1.37. The van der Waals surface area contributed by atoms with Crippen LogP contribution in [0.5, 0.6) is 5.75 Å². The molecule has 5 nitrogen and oxygen atoms in total. The maximum atomic E-state index is 12.6. The van der Waals surface area contributed by atoms with Crippen LogP contribution in [-0.4, -0.2) is 47.5 Å². The van der Waals surface area contributed by atoms with E-state index < -0.39 is 0 Å². The highest BCUT2D eigenvalue weighted by Crippen LogP contribution is 2.43. The van der Waals surface area contributed by atoms with Crippen molar-refractivity contribution in [3.05, 3.63) is 109 Å². The molecule has 0 saturated carbocycles. The van der Waals surface area contributed by atoms with Crippen molar-refractivity contribution in [2.75, 3.05) is 26.3 Å². The van der Waals surface area contributed by atoms with Crippen molar-refractivity contribution in [2.24, 2.45) is 0 Å². The third kappa shape index (κ3) is 6.15. The van der Waals surface area contributed by atoms with Gasteiger partial charge in [0.15, 0.2) is 0 Å². The highest BCUT2D eigenvalue weighted by Gasteiger charge is 2.25. The van der Waals surface area contributed by atoms with E-state index in [0.717, 1.165) is 84.6 Å². The molecule has 1 aliphatic heterocycles. The van der Waals surface area contributed by atoms with E-state index in [9.17, 15) is 9.18 Å². The molecule has 1 aromatic heterocycles. The van der Waals surface area contributed by atoms with Gasteiger partial charge in [0.25, 0.3) is 5.56 Å². The van der Waals surface area contributed by atoms with Crippen LogP contribution in [0.4, 0.5) is 4.39 Å². The Labute approximate surface area is 248 Å². The van der Waals surface area contributed by atoms with Gasteiger partial charge in [0, 0.05) is 35.7 Å².